The number of rotatable bonds is 9. The van der Waals surface area contributed by atoms with E-state index >= 15 is 0 Å². The number of likely N-dealkylation sites (N-methyl/N-ethyl adjacent to an activating group) is 1. The first-order valence-corrected chi connectivity index (χ1v) is 9.02. The lowest BCUT2D eigenvalue weighted by Crippen LogP contribution is -2.42. The van der Waals surface area contributed by atoms with Crippen LogP contribution in [0, 0.1) is 0 Å². The van der Waals surface area contributed by atoms with Crippen molar-refractivity contribution in [2.75, 3.05) is 20.2 Å². The molecular weight excluding hydrogens is 391 g/mol. The quantitative estimate of drug-likeness (QED) is 0.553. The van der Waals surface area contributed by atoms with E-state index < -0.39 is 17.9 Å². The predicted octanol–water partition coefficient (Wildman–Crippen LogP) is 3.02. The summed E-state index contributed by atoms with van der Waals surface area (Å²) < 4.78 is 5.52. The van der Waals surface area contributed by atoms with Crippen molar-refractivity contribution in [3.63, 3.8) is 0 Å². The molecule has 0 saturated heterocycles. The number of carboxylic acid groups (broad SMARTS) is 1. The Morgan fingerprint density at radius 1 is 1.11 bits per heavy atom. The van der Waals surface area contributed by atoms with Gasteiger partial charge in [-0.25, -0.2) is 4.79 Å². The molecule has 144 valence electrons. The molecule has 2 aromatic rings. The topological polar surface area (TPSA) is 87.7 Å². The molecule has 0 aliphatic carbocycles. The van der Waals surface area contributed by atoms with Gasteiger partial charge in [-0.15, -0.1) is 0 Å². The molecule has 0 radical (unpaired) electrons. The molecule has 2 aromatic carbocycles. The molecular formula is C19H20Cl2N2O4. The highest BCUT2D eigenvalue weighted by Crippen LogP contribution is 2.24. The lowest BCUT2D eigenvalue weighted by molar-refractivity contribution is -0.139. The van der Waals surface area contributed by atoms with Crippen molar-refractivity contribution in [3.8, 4) is 5.75 Å². The Hall–Kier alpha value is -2.28. The molecule has 0 unspecified atom stereocenters. The molecule has 1 atom stereocenters. The molecule has 6 nitrogen and oxygen atoms in total. The monoisotopic (exact) mass is 410 g/mol. The third-order valence-electron chi connectivity index (χ3n) is 3.78. The van der Waals surface area contributed by atoms with Crippen LogP contribution < -0.4 is 15.4 Å². The zero-order valence-corrected chi connectivity index (χ0v) is 16.2. The van der Waals surface area contributed by atoms with Crippen molar-refractivity contribution in [2.24, 2.45) is 0 Å². The van der Waals surface area contributed by atoms with E-state index in [0.717, 1.165) is 12.1 Å². The van der Waals surface area contributed by atoms with Crippen molar-refractivity contribution >= 4 is 35.1 Å². The molecule has 1 amide bonds. The maximum Gasteiger partial charge on any atom is 0.326 e. The maximum atomic E-state index is 12.4. The van der Waals surface area contributed by atoms with Gasteiger partial charge in [-0.2, -0.15) is 0 Å². The lowest BCUT2D eigenvalue weighted by atomic mass is 10.1. The van der Waals surface area contributed by atoms with Crippen LogP contribution in [0.15, 0.2) is 42.5 Å². The molecule has 3 N–H and O–H groups in total. The minimum Gasteiger partial charge on any atom is -0.492 e. The SMILES string of the molecule is CNCCOc1ccc(C[C@H](NC(=O)c2c(Cl)cccc2Cl)C(=O)O)cc1. The first-order valence-electron chi connectivity index (χ1n) is 8.26. The molecule has 8 heteroatoms. The minimum atomic E-state index is -1.15. The average Bonchev–Trinajstić information content (AvgIpc) is 2.62. The Kier molecular flexibility index (Phi) is 7.91. The van der Waals surface area contributed by atoms with Crippen LogP contribution in [0.2, 0.25) is 10.0 Å². The highest BCUT2D eigenvalue weighted by atomic mass is 35.5. The number of benzene rings is 2. The normalized spacial score (nSPS) is 11.7. The van der Waals surface area contributed by atoms with E-state index in [0.29, 0.717) is 12.4 Å². The number of hydrogen-bond acceptors (Lipinski definition) is 4. The summed E-state index contributed by atoms with van der Waals surface area (Å²) in [5.74, 6) is -1.10. The second-order valence-corrected chi connectivity index (χ2v) is 6.58. The Morgan fingerprint density at radius 2 is 1.74 bits per heavy atom. The number of ether oxygens (including phenoxy) is 1. The van der Waals surface area contributed by atoms with Crippen LogP contribution in [0.4, 0.5) is 0 Å². The van der Waals surface area contributed by atoms with Gasteiger partial charge in [-0.05, 0) is 36.9 Å². The Bertz CT molecular complexity index is 777. The first-order chi connectivity index (χ1) is 12.9. The molecule has 0 aromatic heterocycles. The molecule has 0 saturated carbocycles. The fourth-order valence-corrected chi connectivity index (χ4v) is 2.94. The van der Waals surface area contributed by atoms with Gasteiger partial charge in [0.05, 0.1) is 15.6 Å². The second-order valence-electron chi connectivity index (χ2n) is 5.76. The van der Waals surface area contributed by atoms with Gasteiger partial charge in [-0.3, -0.25) is 4.79 Å². The average molecular weight is 411 g/mol. The molecule has 0 aliphatic heterocycles. The number of amides is 1. The van der Waals surface area contributed by atoms with Crippen LogP contribution in [0.5, 0.6) is 5.75 Å². The summed E-state index contributed by atoms with van der Waals surface area (Å²) in [6.45, 7) is 1.25. The molecule has 0 aliphatic rings. The van der Waals surface area contributed by atoms with Crippen LogP contribution in [0.1, 0.15) is 15.9 Å². The third kappa shape index (κ3) is 6.13. The number of hydrogen-bond donors (Lipinski definition) is 3. The smallest absolute Gasteiger partial charge is 0.326 e. The van der Waals surface area contributed by atoms with E-state index in [1.54, 1.807) is 30.3 Å². The van der Waals surface area contributed by atoms with E-state index in [-0.39, 0.29) is 22.0 Å². The van der Waals surface area contributed by atoms with Crippen molar-refractivity contribution < 1.29 is 19.4 Å². The summed E-state index contributed by atoms with van der Waals surface area (Å²) >= 11 is 12.0. The van der Waals surface area contributed by atoms with Gasteiger partial charge < -0.3 is 20.5 Å². The van der Waals surface area contributed by atoms with Crippen LogP contribution >= 0.6 is 23.2 Å². The fraction of sp³-hybridized carbons (Fsp3) is 0.263. The molecule has 27 heavy (non-hydrogen) atoms. The number of aliphatic carboxylic acids is 1. The van der Waals surface area contributed by atoms with Crippen LogP contribution in [0.25, 0.3) is 0 Å². The highest BCUT2D eigenvalue weighted by molar-refractivity contribution is 6.39. The second kappa shape index (κ2) is 10.2. The fourth-order valence-electron chi connectivity index (χ4n) is 2.37. The zero-order valence-electron chi connectivity index (χ0n) is 14.7. The Morgan fingerprint density at radius 3 is 2.30 bits per heavy atom. The van der Waals surface area contributed by atoms with Crippen molar-refractivity contribution in [1.29, 1.82) is 0 Å². The zero-order chi connectivity index (χ0) is 19.8. The molecule has 0 spiro atoms. The van der Waals surface area contributed by atoms with Gasteiger partial charge in [0, 0.05) is 13.0 Å². The number of carboxylic acids is 1. The summed E-state index contributed by atoms with van der Waals surface area (Å²) in [5.41, 5.74) is 0.800. The first kappa shape index (κ1) is 21.0. The molecule has 0 bridgehead atoms. The summed E-state index contributed by atoms with van der Waals surface area (Å²) in [5, 5.41) is 15.2. The standard InChI is InChI=1S/C19H20Cl2N2O4/c1-22-9-10-27-13-7-5-12(6-8-13)11-16(19(25)26)23-18(24)17-14(20)3-2-4-15(17)21/h2-8,16,22H,9-11H2,1H3,(H,23,24)(H,25,26)/t16-/m0/s1. The molecule has 0 fully saturated rings. The van der Waals surface area contributed by atoms with Gasteiger partial charge in [0.1, 0.15) is 18.4 Å². The van der Waals surface area contributed by atoms with Crippen molar-refractivity contribution in [3.05, 3.63) is 63.6 Å². The number of halogens is 2. The number of carbonyl (C=O) groups is 2. The van der Waals surface area contributed by atoms with E-state index in [1.165, 1.54) is 12.1 Å². The van der Waals surface area contributed by atoms with Gasteiger partial charge in [0.2, 0.25) is 0 Å². The molecule has 0 heterocycles. The predicted molar refractivity (Wildman–Crippen MR) is 105 cm³/mol. The van der Waals surface area contributed by atoms with Gasteiger partial charge in [0.25, 0.3) is 5.91 Å². The maximum absolute atomic E-state index is 12.4. The largest absolute Gasteiger partial charge is 0.492 e. The number of carbonyl (C=O) groups excluding carboxylic acids is 1. The summed E-state index contributed by atoms with van der Waals surface area (Å²) in [4.78, 5) is 24.0. The third-order valence-corrected chi connectivity index (χ3v) is 4.41. The van der Waals surface area contributed by atoms with Crippen molar-refractivity contribution in [2.45, 2.75) is 12.5 Å². The van der Waals surface area contributed by atoms with Crippen LogP contribution in [0.3, 0.4) is 0 Å². The van der Waals surface area contributed by atoms with Crippen molar-refractivity contribution in [1.82, 2.24) is 10.6 Å². The Labute approximate surface area is 167 Å². The minimum absolute atomic E-state index is 0.0559. The molecule has 2 rings (SSSR count). The Balaban J connectivity index is 2.05. The van der Waals surface area contributed by atoms with E-state index in [2.05, 4.69) is 10.6 Å². The van der Waals surface area contributed by atoms with Gasteiger partial charge >= 0.3 is 5.97 Å². The van der Waals surface area contributed by atoms with E-state index in [4.69, 9.17) is 27.9 Å². The highest BCUT2D eigenvalue weighted by Gasteiger charge is 2.23. The van der Waals surface area contributed by atoms with Gasteiger partial charge in [-0.1, -0.05) is 41.4 Å². The van der Waals surface area contributed by atoms with E-state index in [9.17, 15) is 14.7 Å². The van der Waals surface area contributed by atoms with Crippen LogP contribution in [-0.2, 0) is 11.2 Å². The summed E-state index contributed by atoms with van der Waals surface area (Å²) in [6.07, 6.45) is 0.111. The van der Waals surface area contributed by atoms with E-state index in [1.807, 2.05) is 7.05 Å². The summed E-state index contributed by atoms with van der Waals surface area (Å²) in [6, 6.07) is 10.6. The lowest BCUT2D eigenvalue weighted by Gasteiger charge is -2.16. The summed E-state index contributed by atoms with van der Waals surface area (Å²) in [7, 11) is 1.84. The van der Waals surface area contributed by atoms with Crippen LogP contribution in [-0.4, -0.2) is 43.2 Å². The van der Waals surface area contributed by atoms with Gasteiger partial charge in [0.15, 0.2) is 0 Å². The number of nitrogens with one attached hydrogen (secondary N) is 2.